The van der Waals surface area contributed by atoms with Crippen molar-refractivity contribution in [2.24, 2.45) is 0 Å². The second-order valence-corrected chi connectivity index (χ2v) is 5.00. The van der Waals surface area contributed by atoms with E-state index < -0.39 is 0 Å². The first-order chi connectivity index (χ1) is 6.21. The smallest absolute Gasteiger partial charge is 0.270 e. The van der Waals surface area contributed by atoms with E-state index in [2.05, 4.69) is 70.3 Å². The molecule has 0 spiro atoms. The number of guanidine groups is 1. The summed E-state index contributed by atoms with van der Waals surface area (Å²) >= 11 is 0. The van der Waals surface area contributed by atoms with Crippen LogP contribution in [0.2, 0.25) is 0 Å². The highest BCUT2D eigenvalue weighted by atomic mass is 15.4. The minimum atomic E-state index is 0.165. The first kappa shape index (κ1) is 13.3. The van der Waals surface area contributed by atoms with Crippen molar-refractivity contribution in [1.29, 1.82) is 0 Å². The van der Waals surface area contributed by atoms with Crippen molar-refractivity contribution in [3.8, 4) is 0 Å². The average Bonchev–Trinajstić information content (AvgIpc) is 1.95. The molecular formula is C11H26N3+. The second kappa shape index (κ2) is 4.67. The van der Waals surface area contributed by atoms with Crippen LogP contribution in [-0.4, -0.2) is 60.6 Å². The third-order valence-corrected chi connectivity index (χ3v) is 2.17. The molecule has 3 heteroatoms. The molecule has 0 fully saturated rings. The Hall–Kier alpha value is -0.730. The first-order valence-corrected chi connectivity index (χ1v) is 5.21. The molecule has 0 aliphatic rings. The molecule has 0 aromatic heterocycles. The molecule has 0 saturated heterocycles. The minimum absolute atomic E-state index is 0.165. The lowest BCUT2D eigenvalue weighted by molar-refractivity contribution is -0.476. The van der Waals surface area contributed by atoms with Gasteiger partial charge in [-0.1, -0.05) is 0 Å². The van der Waals surface area contributed by atoms with Crippen molar-refractivity contribution < 1.29 is 4.58 Å². The Labute approximate surface area is 89.0 Å². The predicted molar refractivity (Wildman–Crippen MR) is 62.9 cm³/mol. The van der Waals surface area contributed by atoms with Gasteiger partial charge in [-0.05, 0) is 27.7 Å². The fourth-order valence-corrected chi connectivity index (χ4v) is 1.80. The summed E-state index contributed by atoms with van der Waals surface area (Å²) in [6.45, 7) is 9.93. The molecule has 0 atom stereocenters. The van der Waals surface area contributed by atoms with Crippen LogP contribution in [0.5, 0.6) is 0 Å². The van der Waals surface area contributed by atoms with Gasteiger partial charge in [0.05, 0.1) is 40.3 Å². The Balaban J connectivity index is 5.10. The Morgan fingerprint density at radius 2 is 1.57 bits per heavy atom. The van der Waals surface area contributed by atoms with Gasteiger partial charge in [-0.25, -0.2) is 0 Å². The molecule has 0 aromatic rings. The van der Waals surface area contributed by atoms with Gasteiger partial charge in [0.15, 0.2) is 0 Å². The quantitative estimate of drug-likeness (QED) is 0.358. The summed E-state index contributed by atoms with van der Waals surface area (Å²) in [6.07, 6.45) is 0. The summed E-state index contributed by atoms with van der Waals surface area (Å²) in [5.41, 5.74) is 0.165. The zero-order chi connectivity index (χ0) is 11.5. The summed E-state index contributed by atoms with van der Waals surface area (Å²) in [5, 5.41) is 0. The van der Waals surface area contributed by atoms with E-state index in [1.54, 1.807) is 0 Å². The number of nitrogens with zero attached hydrogens (tertiary/aromatic N) is 3. The summed E-state index contributed by atoms with van der Waals surface area (Å²) in [5.74, 6) is 1.25. The summed E-state index contributed by atoms with van der Waals surface area (Å²) in [4.78, 5) is 4.56. The van der Waals surface area contributed by atoms with Crippen LogP contribution in [0, 0.1) is 0 Å². The van der Waals surface area contributed by atoms with E-state index in [0.29, 0.717) is 0 Å². The van der Waals surface area contributed by atoms with Crippen molar-refractivity contribution in [2.75, 3.05) is 34.7 Å². The third-order valence-electron chi connectivity index (χ3n) is 2.17. The van der Waals surface area contributed by atoms with Crippen molar-refractivity contribution in [2.45, 2.75) is 33.2 Å². The zero-order valence-corrected chi connectivity index (χ0v) is 11.0. The minimum Gasteiger partial charge on any atom is -0.270 e. The second-order valence-electron chi connectivity index (χ2n) is 5.00. The predicted octanol–water partition coefficient (Wildman–Crippen LogP) is 1.30. The molecule has 84 valence electrons. The van der Waals surface area contributed by atoms with Gasteiger partial charge in [-0.3, -0.25) is 14.4 Å². The molecule has 0 saturated carbocycles. The topological polar surface area (TPSA) is 9.49 Å². The Morgan fingerprint density at radius 1 is 1.14 bits per heavy atom. The first-order valence-electron chi connectivity index (χ1n) is 5.21. The summed E-state index contributed by atoms with van der Waals surface area (Å²) < 4.78 is 2.16. The Kier molecular flexibility index (Phi) is 4.43. The number of rotatable bonds is 1. The van der Waals surface area contributed by atoms with E-state index in [1.165, 1.54) is 5.96 Å². The molecule has 0 radical (unpaired) electrons. The van der Waals surface area contributed by atoms with Crippen LogP contribution in [0.1, 0.15) is 27.7 Å². The zero-order valence-electron chi connectivity index (χ0n) is 11.0. The Morgan fingerprint density at radius 3 is 1.64 bits per heavy atom. The van der Waals surface area contributed by atoms with Gasteiger partial charge in [0.2, 0.25) is 0 Å². The van der Waals surface area contributed by atoms with Crippen LogP contribution in [0.3, 0.4) is 0 Å². The van der Waals surface area contributed by atoms with Gasteiger partial charge in [0.1, 0.15) is 0 Å². The van der Waals surface area contributed by atoms with Crippen LogP contribution in [-0.2, 0) is 0 Å². The van der Waals surface area contributed by atoms with E-state index in [4.69, 9.17) is 0 Å². The molecule has 0 bridgehead atoms. The summed E-state index contributed by atoms with van der Waals surface area (Å²) in [6, 6.07) is 0. The highest BCUT2D eigenvalue weighted by Crippen LogP contribution is 2.13. The lowest BCUT2D eigenvalue weighted by Crippen LogP contribution is -2.53. The monoisotopic (exact) mass is 200 g/mol. The van der Waals surface area contributed by atoms with E-state index in [0.717, 1.165) is 6.54 Å². The Bertz CT molecular complexity index is 207. The summed E-state index contributed by atoms with van der Waals surface area (Å²) in [7, 11) is 8.35. The normalized spacial score (nSPS) is 11.1. The molecule has 0 aliphatic carbocycles. The molecule has 3 nitrogen and oxygen atoms in total. The largest absolute Gasteiger partial charge is 0.349 e. The van der Waals surface area contributed by atoms with Crippen LogP contribution in [0.15, 0.2) is 0 Å². The van der Waals surface area contributed by atoms with E-state index in [9.17, 15) is 0 Å². The highest BCUT2D eigenvalue weighted by Gasteiger charge is 2.31. The van der Waals surface area contributed by atoms with Gasteiger partial charge >= 0.3 is 5.96 Å². The number of hydrogen-bond acceptors (Lipinski definition) is 0. The molecule has 0 unspecified atom stereocenters. The molecular weight excluding hydrogens is 174 g/mol. The third kappa shape index (κ3) is 3.20. The molecule has 0 rings (SSSR count). The molecule has 0 N–H and O–H groups in total. The fourth-order valence-electron chi connectivity index (χ4n) is 1.80. The van der Waals surface area contributed by atoms with Crippen LogP contribution < -0.4 is 0 Å². The van der Waals surface area contributed by atoms with Crippen LogP contribution in [0.4, 0.5) is 0 Å². The van der Waals surface area contributed by atoms with Crippen LogP contribution >= 0.6 is 0 Å². The van der Waals surface area contributed by atoms with Gasteiger partial charge < -0.3 is 0 Å². The molecule has 0 heterocycles. The van der Waals surface area contributed by atoms with Gasteiger partial charge in [-0.15, -0.1) is 0 Å². The van der Waals surface area contributed by atoms with Crippen molar-refractivity contribution >= 4 is 5.96 Å². The van der Waals surface area contributed by atoms with Gasteiger partial charge in [0.25, 0.3) is 0 Å². The lowest BCUT2D eigenvalue weighted by Gasteiger charge is -2.34. The van der Waals surface area contributed by atoms with Crippen molar-refractivity contribution in [3.63, 3.8) is 0 Å². The maximum atomic E-state index is 2.40. The van der Waals surface area contributed by atoms with Gasteiger partial charge in [-0.2, -0.15) is 0 Å². The van der Waals surface area contributed by atoms with E-state index in [-0.39, 0.29) is 5.54 Å². The van der Waals surface area contributed by atoms with E-state index >= 15 is 0 Å². The standard InChI is InChI=1S/C11H26N3/c1-9-14(11(2,3)4)10(12(5)6)13(7)8/h9H2,1-8H3/q+1. The average molecular weight is 200 g/mol. The van der Waals surface area contributed by atoms with Crippen molar-refractivity contribution in [1.82, 2.24) is 9.80 Å². The maximum Gasteiger partial charge on any atom is 0.349 e. The lowest BCUT2D eigenvalue weighted by atomic mass is 10.1. The van der Waals surface area contributed by atoms with Crippen LogP contribution in [0.25, 0.3) is 0 Å². The molecule has 0 aliphatic heterocycles. The van der Waals surface area contributed by atoms with Gasteiger partial charge in [0, 0.05) is 0 Å². The highest BCUT2D eigenvalue weighted by molar-refractivity contribution is 5.75. The fraction of sp³-hybridized carbons (Fsp3) is 0.909. The van der Waals surface area contributed by atoms with E-state index in [1.807, 2.05) is 0 Å². The maximum absolute atomic E-state index is 2.40. The molecule has 14 heavy (non-hydrogen) atoms. The van der Waals surface area contributed by atoms with Crippen molar-refractivity contribution in [3.05, 3.63) is 0 Å². The molecule has 0 amide bonds. The SMILES string of the molecule is CCN(C(N(C)C)=[N+](C)C)C(C)(C)C. The number of hydrogen-bond donors (Lipinski definition) is 0. The molecule has 0 aromatic carbocycles.